The summed E-state index contributed by atoms with van der Waals surface area (Å²) in [5.41, 5.74) is 4.60. The number of H-pyrrole nitrogens is 1. The van der Waals surface area contributed by atoms with Gasteiger partial charge >= 0.3 is 0 Å². The minimum Gasteiger partial charge on any atom is -0.349 e. The van der Waals surface area contributed by atoms with Crippen LogP contribution in [0.2, 0.25) is 0 Å². The number of hydrogen-bond donors (Lipinski definition) is 2. The van der Waals surface area contributed by atoms with Crippen molar-refractivity contribution in [2.45, 2.75) is 13.5 Å². The van der Waals surface area contributed by atoms with Gasteiger partial charge in [0.05, 0.1) is 5.69 Å². The molecular formula is C21H20N4O. The lowest BCUT2D eigenvalue weighted by molar-refractivity contribution is 0.0947. The highest BCUT2D eigenvalue weighted by Crippen LogP contribution is 2.19. The molecule has 0 unspecified atom stereocenters. The molecular weight excluding hydrogens is 324 g/mol. The molecule has 4 aromatic rings. The Morgan fingerprint density at radius 2 is 1.85 bits per heavy atom. The predicted molar refractivity (Wildman–Crippen MR) is 103 cm³/mol. The van der Waals surface area contributed by atoms with Gasteiger partial charge in [-0.25, -0.2) is 0 Å². The highest BCUT2D eigenvalue weighted by molar-refractivity contribution is 5.93. The van der Waals surface area contributed by atoms with E-state index in [0.29, 0.717) is 12.2 Å². The van der Waals surface area contributed by atoms with Gasteiger partial charge in [-0.1, -0.05) is 48.5 Å². The van der Waals surface area contributed by atoms with E-state index in [1.165, 1.54) is 16.6 Å². The monoisotopic (exact) mass is 344 g/mol. The largest absolute Gasteiger partial charge is 0.349 e. The topological polar surface area (TPSA) is 62.7 Å². The Kier molecular flexibility index (Phi) is 4.27. The Morgan fingerprint density at radius 1 is 1.08 bits per heavy atom. The Balaban J connectivity index is 1.41. The first-order valence-corrected chi connectivity index (χ1v) is 8.66. The van der Waals surface area contributed by atoms with Crippen LogP contribution in [0.25, 0.3) is 22.2 Å². The summed E-state index contributed by atoms with van der Waals surface area (Å²) in [5, 5.41) is 11.2. The Labute approximate surface area is 151 Å². The van der Waals surface area contributed by atoms with Gasteiger partial charge in [-0.15, -0.1) is 0 Å². The first-order chi connectivity index (χ1) is 12.7. The standard InChI is InChI=1S/C21H20N4O/c1-15-13-17-9-5-6-10-20(17)25(15)12-11-22-21(26)19-14-18(23-24-19)16-7-3-2-4-8-16/h2-10,13-14H,11-12H2,1H3,(H,22,26)(H,23,24). The second-order valence-electron chi connectivity index (χ2n) is 6.28. The first kappa shape index (κ1) is 16.1. The summed E-state index contributed by atoms with van der Waals surface area (Å²) < 4.78 is 2.22. The molecule has 2 heterocycles. The number of nitrogens with zero attached hydrogens (tertiary/aromatic N) is 2. The minimum absolute atomic E-state index is 0.145. The van der Waals surface area contributed by atoms with Crippen LogP contribution in [0.3, 0.4) is 0 Å². The van der Waals surface area contributed by atoms with Crippen LogP contribution in [0.4, 0.5) is 0 Å². The van der Waals surface area contributed by atoms with Crippen LogP contribution in [0.5, 0.6) is 0 Å². The Hall–Kier alpha value is -3.34. The van der Waals surface area contributed by atoms with E-state index in [2.05, 4.69) is 45.2 Å². The van der Waals surface area contributed by atoms with Gasteiger partial charge < -0.3 is 9.88 Å². The van der Waals surface area contributed by atoms with Crippen LogP contribution in [0.1, 0.15) is 16.2 Å². The normalized spacial score (nSPS) is 11.0. The van der Waals surface area contributed by atoms with Crippen molar-refractivity contribution in [1.82, 2.24) is 20.1 Å². The quantitative estimate of drug-likeness (QED) is 0.579. The smallest absolute Gasteiger partial charge is 0.269 e. The van der Waals surface area contributed by atoms with Crippen molar-refractivity contribution >= 4 is 16.8 Å². The highest BCUT2D eigenvalue weighted by atomic mass is 16.1. The minimum atomic E-state index is -0.145. The van der Waals surface area contributed by atoms with E-state index < -0.39 is 0 Å². The number of fused-ring (bicyclic) bond motifs is 1. The molecule has 0 spiro atoms. The van der Waals surface area contributed by atoms with E-state index in [-0.39, 0.29) is 5.91 Å². The fourth-order valence-corrected chi connectivity index (χ4v) is 3.22. The summed E-state index contributed by atoms with van der Waals surface area (Å²) in [5.74, 6) is -0.145. The number of carbonyl (C=O) groups is 1. The van der Waals surface area contributed by atoms with Crippen molar-refractivity contribution in [2.75, 3.05) is 6.54 Å². The number of amides is 1. The molecule has 0 aliphatic heterocycles. The van der Waals surface area contributed by atoms with Crippen molar-refractivity contribution in [3.63, 3.8) is 0 Å². The lowest BCUT2D eigenvalue weighted by atomic mass is 10.1. The second kappa shape index (κ2) is 6.88. The molecule has 0 saturated heterocycles. The molecule has 5 nitrogen and oxygen atoms in total. The summed E-state index contributed by atoms with van der Waals surface area (Å²) in [6.07, 6.45) is 0. The molecule has 0 atom stereocenters. The zero-order valence-corrected chi connectivity index (χ0v) is 14.6. The van der Waals surface area contributed by atoms with E-state index in [4.69, 9.17) is 0 Å². The van der Waals surface area contributed by atoms with E-state index in [0.717, 1.165) is 17.8 Å². The third-order valence-electron chi connectivity index (χ3n) is 4.53. The molecule has 1 amide bonds. The lowest BCUT2D eigenvalue weighted by Crippen LogP contribution is -2.27. The number of aryl methyl sites for hydroxylation is 1. The molecule has 130 valence electrons. The molecule has 0 bridgehead atoms. The van der Waals surface area contributed by atoms with Gasteiger partial charge in [-0.05, 0) is 30.5 Å². The molecule has 2 N–H and O–H groups in total. The number of nitrogens with one attached hydrogen (secondary N) is 2. The van der Waals surface area contributed by atoms with Gasteiger partial charge in [-0.3, -0.25) is 9.89 Å². The maximum absolute atomic E-state index is 12.4. The average Bonchev–Trinajstić information content (AvgIpc) is 3.28. The third-order valence-corrected chi connectivity index (χ3v) is 4.53. The number of aromatic amines is 1. The van der Waals surface area contributed by atoms with Gasteiger partial charge in [-0.2, -0.15) is 5.10 Å². The number of hydrogen-bond acceptors (Lipinski definition) is 2. The van der Waals surface area contributed by atoms with Crippen molar-refractivity contribution in [3.05, 3.63) is 78.1 Å². The summed E-state index contributed by atoms with van der Waals surface area (Å²) in [7, 11) is 0. The van der Waals surface area contributed by atoms with Crippen molar-refractivity contribution < 1.29 is 4.79 Å². The number of rotatable bonds is 5. The van der Waals surface area contributed by atoms with E-state index in [1.54, 1.807) is 6.07 Å². The number of para-hydroxylation sites is 1. The van der Waals surface area contributed by atoms with E-state index >= 15 is 0 Å². The van der Waals surface area contributed by atoms with Gasteiger partial charge in [0.2, 0.25) is 0 Å². The summed E-state index contributed by atoms with van der Waals surface area (Å²) in [4.78, 5) is 12.4. The third kappa shape index (κ3) is 3.11. The van der Waals surface area contributed by atoms with E-state index in [9.17, 15) is 4.79 Å². The molecule has 4 rings (SSSR count). The van der Waals surface area contributed by atoms with Crippen LogP contribution in [0.15, 0.2) is 66.7 Å². The summed E-state index contributed by atoms with van der Waals surface area (Å²) in [6, 6.07) is 22.0. The molecule has 5 heteroatoms. The lowest BCUT2D eigenvalue weighted by Gasteiger charge is -2.09. The van der Waals surface area contributed by atoms with Crippen LogP contribution in [-0.2, 0) is 6.54 Å². The molecule has 0 aliphatic carbocycles. The number of benzene rings is 2. The molecule has 26 heavy (non-hydrogen) atoms. The Bertz CT molecular complexity index is 1050. The van der Waals surface area contributed by atoms with Crippen LogP contribution >= 0.6 is 0 Å². The molecule has 0 fully saturated rings. The maximum atomic E-state index is 12.4. The van der Waals surface area contributed by atoms with Gasteiger partial charge in [0.25, 0.3) is 5.91 Å². The fourth-order valence-electron chi connectivity index (χ4n) is 3.22. The fraction of sp³-hybridized carbons (Fsp3) is 0.143. The molecule has 0 saturated carbocycles. The van der Waals surface area contributed by atoms with Gasteiger partial charge in [0.15, 0.2) is 0 Å². The maximum Gasteiger partial charge on any atom is 0.269 e. The second-order valence-corrected chi connectivity index (χ2v) is 6.28. The zero-order valence-electron chi connectivity index (χ0n) is 14.6. The predicted octanol–water partition coefficient (Wildman–Crippen LogP) is 3.77. The number of aromatic nitrogens is 3. The summed E-state index contributed by atoms with van der Waals surface area (Å²) in [6.45, 7) is 3.37. The van der Waals surface area contributed by atoms with Crippen molar-refractivity contribution in [1.29, 1.82) is 0 Å². The van der Waals surface area contributed by atoms with Crippen molar-refractivity contribution in [3.8, 4) is 11.3 Å². The van der Waals surface area contributed by atoms with Crippen LogP contribution in [-0.4, -0.2) is 27.2 Å². The van der Waals surface area contributed by atoms with Gasteiger partial charge in [0, 0.05) is 29.9 Å². The van der Waals surface area contributed by atoms with Crippen molar-refractivity contribution in [2.24, 2.45) is 0 Å². The molecule has 2 aromatic carbocycles. The SMILES string of the molecule is Cc1cc2ccccc2n1CCNC(=O)c1cc(-c2ccccc2)n[nH]1. The first-order valence-electron chi connectivity index (χ1n) is 8.66. The van der Waals surface area contributed by atoms with Crippen LogP contribution in [0, 0.1) is 6.92 Å². The zero-order chi connectivity index (χ0) is 17.9. The van der Waals surface area contributed by atoms with Gasteiger partial charge in [0.1, 0.15) is 5.69 Å². The molecule has 0 aliphatic rings. The molecule has 0 radical (unpaired) electrons. The summed E-state index contributed by atoms with van der Waals surface area (Å²) >= 11 is 0. The van der Waals surface area contributed by atoms with Crippen LogP contribution < -0.4 is 5.32 Å². The highest BCUT2D eigenvalue weighted by Gasteiger charge is 2.11. The Morgan fingerprint density at radius 3 is 2.69 bits per heavy atom. The number of carbonyl (C=O) groups excluding carboxylic acids is 1. The van der Waals surface area contributed by atoms with E-state index in [1.807, 2.05) is 42.5 Å². The molecule has 2 aromatic heterocycles. The average molecular weight is 344 g/mol.